The van der Waals surface area contributed by atoms with Crippen LogP contribution in [-0.2, 0) is 19.6 Å². The van der Waals surface area contributed by atoms with Gasteiger partial charge in [-0.3, -0.25) is 4.90 Å². The van der Waals surface area contributed by atoms with Gasteiger partial charge in [0.05, 0.1) is 12.2 Å². The Kier molecular flexibility index (Phi) is 4.73. The first-order valence-electron chi connectivity index (χ1n) is 7.30. The maximum Gasteiger partial charge on any atom is 0.151 e. The third-order valence-corrected chi connectivity index (χ3v) is 4.35. The zero-order chi connectivity index (χ0) is 14.7. The standard InChI is InChI=1S/C16H20BrN3O/c1-20(10-12-4-2-3-5-16(12)17)11-15-8-14(19-21-15)9-18-13-6-7-13/h2-5,8,13,18H,6-7,9-11H2,1H3. The Morgan fingerprint density at radius 3 is 2.90 bits per heavy atom. The second-order valence-electron chi connectivity index (χ2n) is 5.70. The minimum absolute atomic E-state index is 0.697. The van der Waals surface area contributed by atoms with Crippen molar-refractivity contribution in [3.05, 3.63) is 51.8 Å². The summed E-state index contributed by atoms with van der Waals surface area (Å²) in [7, 11) is 2.09. The molecule has 0 bridgehead atoms. The van der Waals surface area contributed by atoms with Crippen LogP contribution in [0.4, 0.5) is 0 Å². The highest BCUT2D eigenvalue weighted by atomic mass is 79.9. The monoisotopic (exact) mass is 349 g/mol. The zero-order valence-corrected chi connectivity index (χ0v) is 13.8. The highest BCUT2D eigenvalue weighted by Crippen LogP contribution is 2.20. The van der Waals surface area contributed by atoms with E-state index in [1.54, 1.807) is 0 Å². The molecule has 21 heavy (non-hydrogen) atoms. The Morgan fingerprint density at radius 2 is 2.14 bits per heavy atom. The van der Waals surface area contributed by atoms with Gasteiger partial charge in [-0.2, -0.15) is 0 Å². The van der Waals surface area contributed by atoms with Gasteiger partial charge in [0.2, 0.25) is 0 Å². The van der Waals surface area contributed by atoms with E-state index in [-0.39, 0.29) is 0 Å². The van der Waals surface area contributed by atoms with E-state index < -0.39 is 0 Å². The minimum Gasteiger partial charge on any atom is -0.360 e. The van der Waals surface area contributed by atoms with Crippen LogP contribution in [0.1, 0.15) is 29.9 Å². The van der Waals surface area contributed by atoms with E-state index in [1.807, 2.05) is 12.1 Å². The maximum absolute atomic E-state index is 5.41. The third-order valence-electron chi connectivity index (χ3n) is 3.58. The van der Waals surface area contributed by atoms with Crippen molar-refractivity contribution in [1.29, 1.82) is 0 Å². The Bertz CT molecular complexity index is 595. The zero-order valence-electron chi connectivity index (χ0n) is 12.2. The molecule has 112 valence electrons. The van der Waals surface area contributed by atoms with Crippen molar-refractivity contribution in [3.63, 3.8) is 0 Å². The van der Waals surface area contributed by atoms with Crippen molar-refractivity contribution in [2.24, 2.45) is 0 Å². The summed E-state index contributed by atoms with van der Waals surface area (Å²) in [6.45, 7) is 2.44. The highest BCUT2D eigenvalue weighted by Gasteiger charge is 2.20. The van der Waals surface area contributed by atoms with Crippen molar-refractivity contribution in [2.45, 2.75) is 38.5 Å². The normalized spacial score (nSPS) is 14.8. The van der Waals surface area contributed by atoms with Crippen LogP contribution in [0.2, 0.25) is 0 Å². The Labute approximate surface area is 133 Å². The predicted molar refractivity (Wildman–Crippen MR) is 85.7 cm³/mol. The van der Waals surface area contributed by atoms with Crippen LogP contribution in [0, 0.1) is 0 Å². The van der Waals surface area contributed by atoms with Gasteiger partial charge in [0, 0.05) is 29.7 Å². The van der Waals surface area contributed by atoms with E-state index in [1.165, 1.54) is 18.4 Å². The Balaban J connectivity index is 1.52. The van der Waals surface area contributed by atoms with E-state index in [0.29, 0.717) is 6.04 Å². The molecule has 1 aliphatic rings. The Hall–Kier alpha value is -1.17. The molecule has 1 aliphatic carbocycles. The summed E-state index contributed by atoms with van der Waals surface area (Å²) in [5.41, 5.74) is 2.27. The molecule has 0 aliphatic heterocycles. The quantitative estimate of drug-likeness (QED) is 0.832. The summed E-state index contributed by atoms with van der Waals surface area (Å²) in [5.74, 6) is 0.914. The molecular formula is C16H20BrN3O. The van der Waals surface area contributed by atoms with Crippen molar-refractivity contribution < 1.29 is 4.52 Å². The molecule has 0 radical (unpaired) electrons. The summed E-state index contributed by atoms with van der Waals surface area (Å²) in [6, 6.07) is 11.0. The number of halogens is 1. The van der Waals surface area contributed by atoms with Gasteiger partial charge < -0.3 is 9.84 Å². The number of nitrogens with one attached hydrogen (secondary N) is 1. The van der Waals surface area contributed by atoms with Crippen LogP contribution in [0.3, 0.4) is 0 Å². The van der Waals surface area contributed by atoms with Gasteiger partial charge in [-0.15, -0.1) is 0 Å². The van der Waals surface area contributed by atoms with Crippen LogP contribution < -0.4 is 5.32 Å². The van der Waals surface area contributed by atoms with Gasteiger partial charge in [-0.05, 0) is 31.5 Å². The van der Waals surface area contributed by atoms with Crippen molar-refractivity contribution >= 4 is 15.9 Å². The van der Waals surface area contributed by atoms with E-state index in [9.17, 15) is 0 Å². The maximum atomic E-state index is 5.41. The van der Waals surface area contributed by atoms with Gasteiger partial charge in [0.25, 0.3) is 0 Å². The first-order chi connectivity index (χ1) is 10.2. The molecule has 4 nitrogen and oxygen atoms in total. The van der Waals surface area contributed by atoms with Gasteiger partial charge in [-0.1, -0.05) is 39.3 Å². The second kappa shape index (κ2) is 6.73. The molecule has 0 amide bonds. The summed E-state index contributed by atoms with van der Waals surface area (Å²) in [5, 5.41) is 7.56. The number of rotatable bonds is 7. The molecule has 1 N–H and O–H groups in total. The van der Waals surface area contributed by atoms with E-state index in [0.717, 1.165) is 35.6 Å². The topological polar surface area (TPSA) is 41.3 Å². The number of hydrogen-bond acceptors (Lipinski definition) is 4. The molecule has 1 fully saturated rings. The molecule has 1 heterocycles. The van der Waals surface area contributed by atoms with Crippen LogP contribution in [0.5, 0.6) is 0 Å². The molecule has 0 atom stereocenters. The lowest BCUT2D eigenvalue weighted by atomic mass is 10.2. The number of benzene rings is 1. The molecule has 3 rings (SSSR count). The molecule has 5 heteroatoms. The summed E-state index contributed by atoms with van der Waals surface area (Å²) < 4.78 is 6.55. The third kappa shape index (κ3) is 4.40. The highest BCUT2D eigenvalue weighted by molar-refractivity contribution is 9.10. The fourth-order valence-electron chi connectivity index (χ4n) is 2.29. The number of aromatic nitrogens is 1. The largest absolute Gasteiger partial charge is 0.360 e. The van der Waals surface area contributed by atoms with Crippen molar-refractivity contribution in [3.8, 4) is 0 Å². The molecule has 1 aromatic carbocycles. The van der Waals surface area contributed by atoms with Crippen molar-refractivity contribution in [1.82, 2.24) is 15.4 Å². The average Bonchev–Trinajstić information content (AvgIpc) is 3.19. The Morgan fingerprint density at radius 1 is 1.33 bits per heavy atom. The number of hydrogen-bond donors (Lipinski definition) is 1. The fraction of sp³-hybridized carbons (Fsp3) is 0.438. The van der Waals surface area contributed by atoms with Crippen molar-refractivity contribution in [2.75, 3.05) is 7.05 Å². The van der Waals surface area contributed by atoms with Crippen LogP contribution >= 0.6 is 15.9 Å². The van der Waals surface area contributed by atoms with E-state index >= 15 is 0 Å². The SMILES string of the molecule is CN(Cc1cc(CNC2CC2)no1)Cc1ccccc1Br. The summed E-state index contributed by atoms with van der Waals surface area (Å²) >= 11 is 3.58. The molecular weight excluding hydrogens is 330 g/mol. The summed E-state index contributed by atoms with van der Waals surface area (Å²) in [4.78, 5) is 2.22. The molecule has 0 saturated heterocycles. The van der Waals surface area contributed by atoms with Crippen LogP contribution in [0.15, 0.2) is 39.3 Å². The molecule has 0 unspecified atom stereocenters. The molecule has 0 spiro atoms. The van der Waals surface area contributed by atoms with Gasteiger partial charge in [0.15, 0.2) is 5.76 Å². The van der Waals surface area contributed by atoms with Gasteiger partial charge in [-0.25, -0.2) is 0 Å². The first-order valence-corrected chi connectivity index (χ1v) is 8.10. The predicted octanol–water partition coefficient (Wildman–Crippen LogP) is 3.32. The average molecular weight is 350 g/mol. The molecule has 2 aromatic rings. The molecule has 1 aromatic heterocycles. The lowest BCUT2D eigenvalue weighted by molar-refractivity contribution is 0.265. The van der Waals surface area contributed by atoms with Crippen LogP contribution in [-0.4, -0.2) is 23.1 Å². The summed E-state index contributed by atoms with van der Waals surface area (Å²) in [6.07, 6.45) is 2.58. The number of nitrogens with zero attached hydrogens (tertiary/aromatic N) is 2. The van der Waals surface area contributed by atoms with E-state index in [4.69, 9.17) is 4.52 Å². The van der Waals surface area contributed by atoms with Crippen LogP contribution in [0.25, 0.3) is 0 Å². The minimum atomic E-state index is 0.697. The lowest BCUT2D eigenvalue weighted by Crippen LogP contribution is -2.17. The first kappa shape index (κ1) is 14.8. The fourth-order valence-corrected chi connectivity index (χ4v) is 2.70. The molecule has 1 saturated carbocycles. The van der Waals surface area contributed by atoms with E-state index in [2.05, 4.69) is 56.6 Å². The van der Waals surface area contributed by atoms with Gasteiger partial charge in [0.1, 0.15) is 0 Å². The lowest BCUT2D eigenvalue weighted by Gasteiger charge is -2.15. The smallest absolute Gasteiger partial charge is 0.151 e. The second-order valence-corrected chi connectivity index (χ2v) is 6.56. The van der Waals surface area contributed by atoms with Gasteiger partial charge >= 0.3 is 0 Å².